The van der Waals surface area contributed by atoms with Crippen LogP contribution < -0.4 is 0 Å². The van der Waals surface area contributed by atoms with Crippen LogP contribution in [0.2, 0.25) is 0 Å². The molecule has 1 aliphatic rings. The van der Waals surface area contributed by atoms with Crippen LogP contribution in [0.1, 0.15) is 68.2 Å². The fraction of sp³-hybridized carbons (Fsp3) is 0.955. The third-order valence-corrected chi connectivity index (χ3v) is 10.5. The van der Waals surface area contributed by atoms with Crippen LogP contribution in [0.4, 0.5) is 0 Å². The first-order valence-corrected chi connectivity index (χ1v) is 14.5. The molecule has 178 valence electrons. The molecule has 1 saturated heterocycles. The molecule has 1 atom stereocenters. The molecule has 0 aromatic heterocycles. The highest BCUT2D eigenvalue weighted by atomic mass is 32.7. The van der Waals surface area contributed by atoms with Crippen LogP contribution in [0.5, 0.6) is 0 Å². The SMILES string of the molecule is CCC(C)(C)CP(=O)(OC(C)(C)C)SCCOC(=O)C(C)(C)CCN1CCOCC1. The Bertz CT molecular complexity index is 583. The van der Waals surface area contributed by atoms with Gasteiger partial charge in [-0.2, -0.15) is 0 Å². The fourth-order valence-electron chi connectivity index (χ4n) is 3.03. The van der Waals surface area contributed by atoms with Gasteiger partial charge < -0.3 is 14.0 Å². The lowest BCUT2D eigenvalue weighted by Gasteiger charge is -2.32. The van der Waals surface area contributed by atoms with Gasteiger partial charge in [0.2, 0.25) is 0 Å². The summed E-state index contributed by atoms with van der Waals surface area (Å²) in [4.78, 5) is 14.9. The average Bonchev–Trinajstić information content (AvgIpc) is 2.62. The molecule has 0 radical (unpaired) electrons. The van der Waals surface area contributed by atoms with E-state index in [1.165, 1.54) is 11.4 Å². The second-order valence-corrected chi connectivity index (χ2v) is 15.4. The van der Waals surface area contributed by atoms with Crippen LogP contribution in [0.25, 0.3) is 0 Å². The van der Waals surface area contributed by atoms with Gasteiger partial charge in [-0.3, -0.25) is 14.3 Å². The maximum Gasteiger partial charge on any atom is 0.311 e. The molecule has 0 amide bonds. The van der Waals surface area contributed by atoms with E-state index in [1.54, 1.807) is 0 Å². The zero-order valence-electron chi connectivity index (χ0n) is 20.4. The Morgan fingerprint density at radius 1 is 1.10 bits per heavy atom. The number of hydrogen-bond acceptors (Lipinski definition) is 7. The van der Waals surface area contributed by atoms with Gasteiger partial charge in [-0.15, -0.1) is 0 Å². The minimum absolute atomic E-state index is 0.0636. The number of ether oxygens (including phenoxy) is 2. The lowest BCUT2D eigenvalue weighted by Crippen LogP contribution is -2.39. The maximum absolute atomic E-state index is 13.5. The third-order valence-electron chi connectivity index (χ3n) is 5.31. The molecule has 0 bridgehead atoms. The minimum atomic E-state index is -2.90. The molecule has 1 rings (SSSR count). The van der Waals surface area contributed by atoms with Crippen LogP contribution in [0.15, 0.2) is 0 Å². The molecule has 8 heteroatoms. The summed E-state index contributed by atoms with van der Waals surface area (Å²) in [5.41, 5.74) is -1.09. The average molecular weight is 466 g/mol. The molecular formula is C22H44NO5PS. The van der Waals surface area contributed by atoms with E-state index < -0.39 is 17.6 Å². The summed E-state index contributed by atoms with van der Waals surface area (Å²) in [7, 11) is 0. The first-order valence-electron chi connectivity index (χ1n) is 11.1. The van der Waals surface area contributed by atoms with E-state index >= 15 is 0 Å². The highest BCUT2D eigenvalue weighted by Crippen LogP contribution is 2.64. The van der Waals surface area contributed by atoms with Gasteiger partial charge in [0.05, 0.1) is 24.2 Å². The van der Waals surface area contributed by atoms with Crippen LogP contribution >= 0.6 is 18.0 Å². The number of morpholine rings is 1. The third kappa shape index (κ3) is 11.0. The summed E-state index contributed by atoms with van der Waals surface area (Å²) in [6.07, 6.45) is 2.18. The Hall–Kier alpha value is -0.0700. The van der Waals surface area contributed by atoms with Crippen molar-refractivity contribution in [3.8, 4) is 0 Å². The number of carbonyl (C=O) groups is 1. The second-order valence-electron chi connectivity index (χ2n) is 10.5. The molecule has 0 N–H and O–H groups in total. The van der Waals surface area contributed by atoms with E-state index in [0.29, 0.717) is 11.9 Å². The van der Waals surface area contributed by atoms with E-state index in [-0.39, 0.29) is 18.0 Å². The van der Waals surface area contributed by atoms with E-state index in [0.717, 1.165) is 45.7 Å². The molecule has 1 unspecified atom stereocenters. The van der Waals surface area contributed by atoms with Gasteiger partial charge in [0.15, 0.2) is 0 Å². The molecule has 1 heterocycles. The Morgan fingerprint density at radius 2 is 1.70 bits per heavy atom. The maximum atomic E-state index is 13.5. The number of esters is 1. The quantitative estimate of drug-likeness (QED) is 0.215. The standard InChI is InChI=1S/C22H44NO5PS/c1-9-21(5,6)18-29(25,28-20(2,3)4)30-17-16-27-19(24)22(7,8)10-11-23-12-14-26-15-13-23/h9-18H2,1-8H3. The van der Waals surface area contributed by atoms with Gasteiger partial charge in [0, 0.05) is 25.0 Å². The van der Waals surface area contributed by atoms with E-state index in [1.807, 2.05) is 34.6 Å². The number of carbonyl (C=O) groups excluding carboxylic acids is 1. The summed E-state index contributed by atoms with van der Waals surface area (Å²) in [5.74, 6) is 0.273. The number of hydrogen-bond donors (Lipinski definition) is 0. The van der Waals surface area contributed by atoms with Gasteiger partial charge in [-0.05, 0) is 53.0 Å². The zero-order chi connectivity index (χ0) is 23.1. The van der Waals surface area contributed by atoms with Crippen molar-refractivity contribution in [2.75, 3.05) is 51.4 Å². The van der Waals surface area contributed by atoms with Crippen LogP contribution in [-0.4, -0.2) is 67.8 Å². The van der Waals surface area contributed by atoms with E-state index in [4.69, 9.17) is 14.0 Å². The van der Waals surface area contributed by atoms with Crippen molar-refractivity contribution in [1.29, 1.82) is 0 Å². The molecule has 0 saturated carbocycles. The predicted molar refractivity (Wildman–Crippen MR) is 126 cm³/mol. The number of rotatable bonds is 12. The molecule has 0 aromatic carbocycles. The van der Waals surface area contributed by atoms with Crippen molar-refractivity contribution in [3.63, 3.8) is 0 Å². The highest BCUT2D eigenvalue weighted by Gasteiger charge is 2.36. The minimum Gasteiger partial charge on any atom is -0.464 e. The second kappa shape index (κ2) is 11.7. The van der Waals surface area contributed by atoms with Crippen molar-refractivity contribution in [2.45, 2.75) is 73.8 Å². The van der Waals surface area contributed by atoms with Gasteiger partial charge in [0.25, 0.3) is 6.57 Å². The summed E-state index contributed by atoms with van der Waals surface area (Å²) in [6.45, 7) is 17.5. The Balaban J connectivity index is 2.51. The molecular weight excluding hydrogens is 421 g/mol. The van der Waals surface area contributed by atoms with Crippen LogP contribution in [0.3, 0.4) is 0 Å². The topological polar surface area (TPSA) is 65.1 Å². The highest BCUT2D eigenvalue weighted by molar-refractivity contribution is 8.56. The molecule has 1 aliphatic heterocycles. The van der Waals surface area contributed by atoms with E-state index in [2.05, 4.69) is 25.7 Å². The number of nitrogens with zero attached hydrogens (tertiary/aromatic N) is 1. The van der Waals surface area contributed by atoms with Crippen molar-refractivity contribution in [2.24, 2.45) is 10.8 Å². The van der Waals surface area contributed by atoms with Crippen molar-refractivity contribution in [1.82, 2.24) is 4.90 Å². The molecule has 6 nitrogen and oxygen atoms in total. The molecule has 30 heavy (non-hydrogen) atoms. The first kappa shape index (κ1) is 28.0. The summed E-state index contributed by atoms with van der Waals surface area (Å²) in [6, 6.07) is 0. The monoisotopic (exact) mass is 465 g/mol. The molecule has 0 spiro atoms. The molecule has 0 aromatic rings. The van der Waals surface area contributed by atoms with Crippen molar-refractivity contribution in [3.05, 3.63) is 0 Å². The van der Waals surface area contributed by atoms with Crippen molar-refractivity contribution < 1.29 is 23.4 Å². The van der Waals surface area contributed by atoms with Gasteiger partial charge in [0.1, 0.15) is 6.61 Å². The summed E-state index contributed by atoms with van der Waals surface area (Å²) >= 11 is 1.32. The zero-order valence-corrected chi connectivity index (χ0v) is 22.1. The van der Waals surface area contributed by atoms with Crippen molar-refractivity contribution >= 4 is 23.9 Å². The summed E-state index contributed by atoms with van der Waals surface area (Å²) in [5, 5.41) is 0. The normalized spacial score (nSPS) is 18.8. The van der Waals surface area contributed by atoms with Crippen LogP contribution in [-0.2, 0) is 23.4 Å². The smallest absolute Gasteiger partial charge is 0.311 e. The Labute approximate surface area is 188 Å². The predicted octanol–water partition coefficient (Wildman–Crippen LogP) is 5.46. The van der Waals surface area contributed by atoms with Gasteiger partial charge in [-0.1, -0.05) is 38.6 Å². The molecule has 0 aliphatic carbocycles. The Morgan fingerprint density at radius 3 is 2.23 bits per heavy atom. The largest absolute Gasteiger partial charge is 0.464 e. The van der Waals surface area contributed by atoms with E-state index in [9.17, 15) is 9.36 Å². The van der Waals surface area contributed by atoms with Gasteiger partial charge >= 0.3 is 5.97 Å². The summed E-state index contributed by atoms with van der Waals surface area (Å²) < 4.78 is 30.4. The lowest BCUT2D eigenvalue weighted by molar-refractivity contribution is -0.153. The first-order chi connectivity index (χ1) is 13.7. The fourth-order valence-corrected chi connectivity index (χ4v) is 8.99. The lowest BCUT2D eigenvalue weighted by atomic mass is 9.89. The molecule has 1 fully saturated rings. The van der Waals surface area contributed by atoms with Gasteiger partial charge in [-0.25, -0.2) is 0 Å². The Kier molecular flexibility index (Phi) is 10.9. The van der Waals surface area contributed by atoms with Crippen LogP contribution in [0, 0.1) is 10.8 Å².